The number of aromatic nitrogens is 2. The van der Waals surface area contributed by atoms with Crippen molar-refractivity contribution in [3.63, 3.8) is 0 Å². The van der Waals surface area contributed by atoms with Crippen LogP contribution in [0.2, 0.25) is 0 Å². The van der Waals surface area contributed by atoms with Gasteiger partial charge in [-0.2, -0.15) is 0 Å². The van der Waals surface area contributed by atoms with Gasteiger partial charge in [-0.05, 0) is 79.0 Å². The van der Waals surface area contributed by atoms with Crippen LogP contribution < -0.4 is 11.1 Å². The quantitative estimate of drug-likeness (QED) is 0.470. The number of pyridine rings is 2. The van der Waals surface area contributed by atoms with Crippen LogP contribution in [0.5, 0.6) is 0 Å². The Bertz CT molecular complexity index is 1280. The number of anilines is 1. The lowest BCUT2D eigenvalue weighted by molar-refractivity contribution is 0.102. The van der Waals surface area contributed by atoms with Crippen molar-refractivity contribution in [3.05, 3.63) is 77.0 Å². The summed E-state index contributed by atoms with van der Waals surface area (Å²) in [5.74, 6) is -2.97. The molecule has 194 valence electrons. The number of nitrogens with zero attached hydrogens (tertiary/aromatic N) is 2. The first kappa shape index (κ1) is 25.4. The lowest BCUT2D eigenvalue weighted by Crippen LogP contribution is -2.31. The van der Waals surface area contributed by atoms with Crippen molar-refractivity contribution in [2.75, 3.05) is 18.5 Å². The third-order valence-electron chi connectivity index (χ3n) is 7.30. The molecule has 1 aromatic carbocycles. The third-order valence-corrected chi connectivity index (χ3v) is 7.30. The van der Waals surface area contributed by atoms with E-state index in [4.69, 9.17) is 10.5 Å². The lowest BCUT2D eigenvalue weighted by Gasteiger charge is -2.32. The van der Waals surface area contributed by atoms with E-state index >= 15 is 8.78 Å². The molecule has 0 spiro atoms. The SMILES string of the molecule is C[C@@H]1C[C@H](N)C[C@H](c2ccncc2NC(=O)c2ccc(F)c(-c3c(F)cc([C@@H]4CCOC4)cc3F)n2)C1. The molecule has 3 heterocycles. The number of amides is 1. The van der Waals surface area contributed by atoms with Gasteiger partial charge in [-0.25, -0.2) is 18.2 Å². The molecule has 0 bridgehead atoms. The normalized spacial score (nSPS) is 23.7. The van der Waals surface area contributed by atoms with E-state index in [9.17, 15) is 9.18 Å². The largest absolute Gasteiger partial charge is 0.381 e. The van der Waals surface area contributed by atoms with Crippen LogP contribution >= 0.6 is 0 Å². The summed E-state index contributed by atoms with van der Waals surface area (Å²) in [6.07, 6.45) is 6.54. The van der Waals surface area contributed by atoms with E-state index in [0.717, 1.165) is 30.9 Å². The molecule has 5 rings (SSSR count). The first-order valence-electron chi connectivity index (χ1n) is 12.5. The predicted molar refractivity (Wildman–Crippen MR) is 134 cm³/mol. The first-order chi connectivity index (χ1) is 17.8. The Morgan fingerprint density at radius 2 is 1.84 bits per heavy atom. The minimum atomic E-state index is -0.942. The van der Waals surface area contributed by atoms with Crippen molar-refractivity contribution in [2.45, 2.75) is 50.5 Å². The molecule has 9 heteroatoms. The molecule has 2 aliphatic rings. The summed E-state index contributed by atoms with van der Waals surface area (Å²) in [6, 6.07) is 6.47. The Morgan fingerprint density at radius 3 is 2.54 bits per heavy atom. The number of halogens is 3. The van der Waals surface area contributed by atoms with Crippen molar-refractivity contribution in [1.29, 1.82) is 0 Å². The predicted octanol–water partition coefficient (Wildman–Crippen LogP) is 5.55. The first-order valence-corrected chi connectivity index (χ1v) is 12.5. The molecule has 37 heavy (non-hydrogen) atoms. The molecule has 6 nitrogen and oxygen atoms in total. The topological polar surface area (TPSA) is 90.1 Å². The van der Waals surface area contributed by atoms with E-state index in [-0.39, 0.29) is 23.6 Å². The van der Waals surface area contributed by atoms with Crippen LogP contribution in [0.3, 0.4) is 0 Å². The molecule has 4 atom stereocenters. The fourth-order valence-electron chi connectivity index (χ4n) is 5.56. The van der Waals surface area contributed by atoms with Gasteiger partial charge in [0.05, 0.1) is 24.1 Å². The second kappa shape index (κ2) is 10.6. The monoisotopic (exact) mass is 510 g/mol. The van der Waals surface area contributed by atoms with Crippen LogP contribution in [0.25, 0.3) is 11.3 Å². The molecule has 2 aromatic heterocycles. The molecule has 2 fully saturated rings. The maximum absolute atomic E-state index is 15.0. The highest BCUT2D eigenvalue weighted by Gasteiger charge is 2.28. The average Bonchev–Trinajstić information content (AvgIpc) is 3.39. The fraction of sp³-hybridized carbons (Fsp3) is 0.393. The van der Waals surface area contributed by atoms with Gasteiger partial charge >= 0.3 is 0 Å². The Balaban J connectivity index is 1.42. The molecule has 3 N–H and O–H groups in total. The molecular formula is C28H29F3N4O2. The number of hydrogen-bond donors (Lipinski definition) is 2. The smallest absolute Gasteiger partial charge is 0.274 e. The van der Waals surface area contributed by atoms with Gasteiger partial charge in [0.15, 0.2) is 0 Å². The zero-order valence-electron chi connectivity index (χ0n) is 20.5. The van der Waals surface area contributed by atoms with E-state index in [2.05, 4.69) is 22.2 Å². The van der Waals surface area contributed by atoms with Crippen molar-refractivity contribution in [1.82, 2.24) is 9.97 Å². The third kappa shape index (κ3) is 5.38. The molecule has 3 aromatic rings. The van der Waals surface area contributed by atoms with Crippen LogP contribution in [0.1, 0.15) is 66.1 Å². The number of hydrogen-bond acceptors (Lipinski definition) is 5. The number of carbonyl (C=O) groups excluding carboxylic acids is 1. The molecular weight excluding hydrogens is 481 g/mol. The summed E-state index contributed by atoms with van der Waals surface area (Å²) in [7, 11) is 0. The van der Waals surface area contributed by atoms with E-state index in [1.165, 1.54) is 18.2 Å². The Morgan fingerprint density at radius 1 is 1.05 bits per heavy atom. The van der Waals surface area contributed by atoms with E-state index in [1.54, 1.807) is 12.4 Å². The minimum absolute atomic E-state index is 0.0733. The molecule has 0 unspecified atom stereocenters. The highest BCUT2D eigenvalue weighted by atomic mass is 19.1. The maximum atomic E-state index is 15.0. The lowest BCUT2D eigenvalue weighted by atomic mass is 9.76. The van der Waals surface area contributed by atoms with Crippen LogP contribution in [0, 0.1) is 23.4 Å². The van der Waals surface area contributed by atoms with Gasteiger partial charge in [-0.15, -0.1) is 0 Å². The Kier molecular flexibility index (Phi) is 7.26. The molecule has 1 aliphatic carbocycles. The van der Waals surface area contributed by atoms with Gasteiger partial charge in [0.25, 0.3) is 5.91 Å². The number of carbonyl (C=O) groups is 1. The molecule has 1 amide bonds. The van der Waals surface area contributed by atoms with Crippen molar-refractivity contribution in [3.8, 4) is 11.3 Å². The minimum Gasteiger partial charge on any atom is -0.381 e. The zero-order valence-corrected chi connectivity index (χ0v) is 20.5. The summed E-state index contributed by atoms with van der Waals surface area (Å²) in [5, 5.41) is 2.80. The van der Waals surface area contributed by atoms with Gasteiger partial charge in [0.2, 0.25) is 0 Å². The standard InChI is InChI=1S/C28H29F3N4O2/c1-15-8-18(10-19(32)9-15)20-4-6-33-13-25(20)35-28(36)24-3-2-21(29)27(34-24)26-22(30)11-17(12-23(26)31)16-5-7-37-14-16/h2-4,6,11-13,15-16,18-19H,5,7-10,14,32H2,1H3,(H,35,36)/t15-,16+,18+,19-/m0/s1. The number of nitrogens with one attached hydrogen (secondary N) is 1. The van der Waals surface area contributed by atoms with Gasteiger partial charge < -0.3 is 15.8 Å². The van der Waals surface area contributed by atoms with Crippen LogP contribution in [0.15, 0.2) is 42.7 Å². The highest BCUT2D eigenvalue weighted by Crippen LogP contribution is 2.38. The fourth-order valence-corrected chi connectivity index (χ4v) is 5.56. The maximum Gasteiger partial charge on any atom is 0.274 e. The van der Waals surface area contributed by atoms with Crippen LogP contribution in [-0.4, -0.2) is 35.1 Å². The van der Waals surface area contributed by atoms with Gasteiger partial charge in [-0.1, -0.05) is 6.92 Å². The average molecular weight is 511 g/mol. The molecule has 0 radical (unpaired) electrons. The summed E-state index contributed by atoms with van der Waals surface area (Å²) < 4.78 is 50.1. The molecule has 1 saturated carbocycles. The molecule has 1 saturated heterocycles. The second-order valence-corrected chi connectivity index (χ2v) is 10.1. The van der Waals surface area contributed by atoms with Crippen molar-refractivity contribution >= 4 is 11.6 Å². The number of nitrogens with two attached hydrogens (primary N) is 1. The number of rotatable bonds is 5. The second-order valence-electron chi connectivity index (χ2n) is 10.1. The van der Waals surface area contributed by atoms with Gasteiger partial charge in [-0.3, -0.25) is 9.78 Å². The van der Waals surface area contributed by atoms with E-state index in [1.807, 2.05) is 6.07 Å². The van der Waals surface area contributed by atoms with Gasteiger partial charge in [0, 0.05) is 24.8 Å². The Hall–Kier alpha value is -3.30. The van der Waals surface area contributed by atoms with Crippen LogP contribution in [0.4, 0.5) is 18.9 Å². The van der Waals surface area contributed by atoms with Crippen molar-refractivity contribution in [2.24, 2.45) is 11.7 Å². The van der Waals surface area contributed by atoms with E-state index < -0.39 is 34.6 Å². The summed E-state index contributed by atoms with van der Waals surface area (Å²) in [4.78, 5) is 21.3. The Labute approximate surface area is 213 Å². The summed E-state index contributed by atoms with van der Waals surface area (Å²) >= 11 is 0. The zero-order chi connectivity index (χ0) is 26.1. The van der Waals surface area contributed by atoms with Crippen molar-refractivity contribution < 1.29 is 22.7 Å². The number of benzene rings is 1. The number of ether oxygens (including phenoxy) is 1. The summed E-state index contributed by atoms with van der Waals surface area (Å²) in [5.41, 5.74) is 6.76. The summed E-state index contributed by atoms with van der Waals surface area (Å²) in [6.45, 7) is 3.05. The van der Waals surface area contributed by atoms with E-state index in [0.29, 0.717) is 36.8 Å². The highest BCUT2D eigenvalue weighted by molar-refractivity contribution is 6.03. The van der Waals surface area contributed by atoms with Crippen LogP contribution in [-0.2, 0) is 4.74 Å². The molecule has 1 aliphatic heterocycles. The van der Waals surface area contributed by atoms with Gasteiger partial charge in [0.1, 0.15) is 28.8 Å².